The molecule has 0 bridgehead atoms. The van der Waals surface area contributed by atoms with Crippen LogP contribution in [0.4, 0.5) is 0 Å². The molecule has 2 aliphatic heterocycles. The van der Waals surface area contributed by atoms with Gasteiger partial charge < -0.3 is 9.47 Å². The molecule has 0 radical (unpaired) electrons. The second kappa shape index (κ2) is 6.30. The molecule has 6 nitrogen and oxygen atoms in total. The molecule has 1 N–H and O–H groups in total. The van der Waals surface area contributed by atoms with E-state index in [9.17, 15) is 8.42 Å². The number of halogens is 2. The molecule has 24 heavy (non-hydrogen) atoms. The summed E-state index contributed by atoms with van der Waals surface area (Å²) in [6, 6.07) is 1.66. The van der Waals surface area contributed by atoms with Crippen molar-refractivity contribution in [3.63, 3.8) is 0 Å². The monoisotopic (exact) mass is 395 g/mol. The molecule has 2 heterocycles. The summed E-state index contributed by atoms with van der Waals surface area (Å²) in [5.74, 6) is -0.112. The summed E-state index contributed by atoms with van der Waals surface area (Å²) in [5.41, 5.74) is 0.628. The highest BCUT2D eigenvalue weighted by molar-refractivity contribution is 7.85. The average molecular weight is 396 g/mol. The summed E-state index contributed by atoms with van der Waals surface area (Å²) in [6.07, 6.45) is -0.244. The molecule has 3 rings (SSSR count). The summed E-state index contributed by atoms with van der Waals surface area (Å²) in [4.78, 5) is 2.18. The Morgan fingerprint density at radius 2 is 1.92 bits per heavy atom. The highest BCUT2D eigenvalue weighted by atomic mass is 35.5. The fourth-order valence-electron chi connectivity index (χ4n) is 3.29. The molecule has 0 amide bonds. The Balaban J connectivity index is 2.03. The number of ether oxygens (including phenoxy) is 2. The van der Waals surface area contributed by atoms with Crippen molar-refractivity contribution < 1.29 is 22.4 Å². The van der Waals surface area contributed by atoms with Gasteiger partial charge in [-0.15, -0.1) is 0 Å². The molecule has 0 aromatic heterocycles. The first-order chi connectivity index (χ1) is 11.1. The standard InChI is InChI=1S/C15H19Cl2NO5S/c1-15(2)10-7-9(8-24(19,20)21)11(16)12(17)13(10)23-14(15)18-3-5-22-6-4-18/h7,14H,3-6,8H2,1-2H3,(H,19,20,21). The summed E-state index contributed by atoms with van der Waals surface area (Å²) in [7, 11) is -4.22. The number of benzene rings is 1. The van der Waals surface area contributed by atoms with Crippen molar-refractivity contribution in [2.24, 2.45) is 0 Å². The second-order valence-electron chi connectivity index (χ2n) is 6.61. The van der Waals surface area contributed by atoms with E-state index >= 15 is 0 Å². The first-order valence-electron chi connectivity index (χ1n) is 7.56. The van der Waals surface area contributed by atoms with Crippen LogP contribution in [0.3, 0.4) is 0 Å². The Kier molecular flexibility index (Phi) is 4.79. The molecule has 1 atom stereocenters. The van der Waals surface area contributed by atoms with Gasteiger partial charge in [0.2, 0.25) is 0 Å². The van der Waals surface area contributed by atoms with E-state index in [0.29, 0.717) is 19.0 Å². The van der Waals surface area contributed by atoms with E-state index < -0.39 is 21.3 Å². The molecule has 0 spiro atoms. The van der Waals surface area contributed by atoms with Gasteiger partial charge in [-0.25, -0.2) is 0 Å². The van der Waals surface area contributed by atoms with Crippen LogP contribution in [0.15, 0.2) is 6.07 Å². The lowest BCUT2D eigenvalue weighted by molar-refractivity contribution is -0.0612. The maximum Gasteiger partial charge on any atom is 0.269 e. The van der Waals surface area contributed by atoms with Crippen molar-refractivity contribution in [2.45, 2.75) is 31.2 Å². The average Bonchev–Trinajstić information content (AvgIpc) is 2.76. The Morgan fingerprint density at radius 3 is 2.50 bits per heavy atom. The quantitative estimate of drug-likeness (QED) is 0.792. The summed E-state index contributed by atoms with van der Waals surface area (Å²) >= 11 is 12.5. The first kappa shape index (κ1) is 18.2. The number of hydrogen-bond donors (Lipinski definition) is 1. The van der Waals surface area contributed by atoms with Crippen LogP contribution in [0.25, 0.3) is 0 Å². The molecule has 1 saturated heterocycles. The summed E-state index contributed by atoms with van der Waals surface area (Å²) in [5, 5.41) is 0.267. The predicted octanol–water partition coefficient (Wildman–Crippen LogP) is 2.71. The summed E-state index contributed by atoms with van der Waals surface area (Å²) < 4.78 is 43.1. The van der Waals surface area contributed by atoms with Crippen LogP contribution in [-0.2, 0) is 26.0 Å². The van der Waals surface area contributed by atoms with Crippen LogP contribution in [-0.4, -0.2) is 50.4 Å². The van der Waals surface area contributed by atoms with E-state index in [1.807, 2.05) is 13.8 Å². The van der Waals surface area contributed by atoms with Crippen molar-refractivity contribution in [3.05, 3.63) is 27.2 Å². The van der Waals surface area contributed by atoms with Crippen molar-refractivity contribution in [2.75, 3.05) is 26.3 Å². The van der Waals surface area contributed by atoms with E-state index in [2.05, 4.69) is 4.90 Å². The Bertz CT molecular complexity index is 760. The third-order valence-electron chi connectivity index (χ3n) is 4.49. The minimum atomic E-state index is -4.22. The van der Waals surface area contributed by atoms with Crippen LogP contribution < -0.4 is 4.74 Å². The van der Waals surface area contributed by atoms with Gasteiger partial charge in [0.05, 0.1) is 18.2 Å². The predicted molar refractivity (Wildman–Crippen MR) is 91.5 cm³/mol. The molecular formula is C15H19Cl2NO5S. The van der Waals surface area contributed by atoms with Crippen molar-refractivity contribution in [1.29, 1.82) is 0 Å². The normalized spacial score (nSPS) is 23.8. The highest BCUT2D eigenvalue weighted by Gasteiger charge is 2.47. The molecule has 1 aromatic carbocycles. The Morgan fingerprint density at radius 1 is 1.29 bits per heavy atom. The third kappa shape index (κ3) is 3.25. The Hall–Kier alpha value is -0.570. The van der Waals surface area contributed by atoms with Gasteiger partial charge in [0.25, 0.3) is 10.1 Å². The molecule has 0 aliphatic carbocycles. The van der Waals surface area contributed by atoms with Gasteiger partial charge in [-0.05, 0) is 11.6 Å². The molecule has 2 aliphatic rings. The van der Waals surface area contributed by atoms with Crippen LogP contribution >= 0.6 is 23.2 Å². The number of hydrogen-bond acceptors (Lipinski definition) is 5. The molecule has 134 valence electrons. The molecule has 1 aromatic rings. The molecule has 0 saturated carbocycles. The molecule has 1 fully saturated rings. The minimum absolute atomic E-state index is 0.0893. The van der Waals surface area contributed by atoms with Gasteiger partial charge in [-0.2, -0.15) is 8.42 Å². The number of rotatable bonds is 3. The number of nitrogens with zero attached hydrogens (tertiary/aromatic N) is 1. The van der Waals surface area contributed by atoms with Gasteiger partial charge in [0, 0.05) is 24.1 Å². The molecular weight excluding hydrogens is 377 g/mol. The van der Waals surface area contributed by atoms with Crippen LogP contribution in [0.1, 0.15) is 25.0 Å². The van der Waals surface area contributed by atoms with E-state index in [4.69, 9.17) is 37.2 Å². The van der Waals surface area contributed by atoms with E-state index in [-0.39, 0.29) is 21.8 Å². The third-order valence-corrected chi connectivity index (χ3v) is 6.06. The highest BCUT2D eigenvalue weighted by Crippen LogP contribution is 2.50. The van der Waals surface area contributed by atoms with Gasteiger partial charge >= 0.3 is 0 Å². The van der Waals surface area contributed by atoms with Gasteiger partial charge in [0.15, 0.2) is 6.23 Å². The largest absolute Gasteiger partial charge is 0.472 e. The van der Waals surface area contributed by atoms with E-state index in [1.165, 1.54) is 0 Å². The molecule has 9 heteroatoms. The summed E-state index contributed by atoms with van der Waals surface area (Å²) in [6.45, 7) is 6.78. The fraction of sp³-hybridized carbons (Fsp3) is 0.600. The van der Waals surface area contributed by atoms with Gasteiger partial charge in [-0.1, -0.05) is 37.0 Å². The van der Waals surface area contributed by atoms with E-state index in [1.54, 1.807) is 6.07 Å². The fourth-order valence-corrected chi connectivity index (χ4v) is 4.47. The lowest BCUT2D eigenvalue weighted by Crippen LogP contribution is -2.52. The van der Waals surface area contributed by atoms with E-state index in [0.717, 1.165) is 18.7 Å². The first-order valence-corrected chi connectivity index (χ1v) is 9.93. The SMILES string of the molecule is CC1(C)c2cc(CS(=O)(=O)O)c(Cl)c(Cl)c2OC1N1CCOCC1. The van der Waals surface area contributed by atoms with Crippen molar-refractivity contribution in [3.8, 4) is 5.75 Å². The Labute approximate surface area is 151 Å². The van der Waals surface area contributed by atoms with Gasteiger partial charge in [-0.3, -0.25) is 9.45 Å². The zero-order chi connectivity index (χ0) is 17.7. The van der Waals surface area contributed by atoms with Crippen molar-refractivity contribution >= 4 is 33.3 Å². The van der Waals surface area contributed by atoms with Gasteiger partial charge in [0.1, 0.15) is 16.5 Å². The van der Waals surface area contributed by atoms with Crippen LogP contribution in [0.2, 0.25) is 10.0 Å². The minimum Gasteiger partial charge on any atom is -0.472 e. The lowest BCUT2D eigenvalue weighted by atomic mass is 9.83. The maximum absolute atomic E-state index is 11.2. The van der Waals surface area contributed by atoms with Crippen molar-refractivity contribution in [1.82, 2.24) is 4.90 Å². The van der Waals surface area contributed by atoms with Crippen LogP contribution in [0, 0.1) is 0 Å². The second-order valence-corrected chi connectivity index (χ2v) is 8.82. The topological polar surface area (TPSA) is 76.1 Å². The zero-order valence-corrected chi connectivity index (χ0v) is 15.7. The number of morpholine rings is 1. The smallest absolute Gasteiger partial charge is 0.269 e. The maximum atomic E-state index is 11.2. The molecule has 1 unspecified atom stereocenters. The zero-order valence-electron chi connectivity index (χ0n) is 13.4. The van der Waals surface area contributed by atoms with Crippen LogP contribution in [0.5, 0.6) is 5.75 Å². The lowest BCUT2D eigenvalue weighted by Gasteiger charge is -2.38. The number of fused-ring (bicyclic) bond motifs is 1.